The quantitative estimate of drug-likeness (QED) is 0.248. The minimum atomic E-state index is -4.13. The van der Waals surface area contributed by atoms with Gasteiger partial charge in [0.15, 0.2) is 11.5 Å². The van der Waals surface area contributed by atoms with Gasteiger partial charge in [0.2, 0.25) is 0 Å². The smallest absolute Gasteiger partial charge is 0.339 e. The number of nitrogens with zero attached hydrogens (tertiary/aromatic N) is 1. The van der Waals surface area contributed by atoms with E-state index < -0.39 is 28.0 Å². The second kappa shape index (κ2) is 11.2. The molecule has 1 aliphatic heterocycles. The maximum Gasteiger partial charge on any atom is 0.339 e. The number of carbonyl (C=O) groups is 3. The van der Waals surface area contributed by atoms with Gasteiger partial charge in [0.1, 0.15) is 16.2 Å². The minimum Gasteiger partial charge on any atom is -0.494 e. The van der Waals surface area contributed by atoms with Crippen LogP contribution in [0.3, 0.4) is 0 Å². The van der Waals surface area contributed by atoms with Crippen molar-refractivity contribution in [3.63, 3.8) is 0 Å². The first kappa shape index (κ1) is 26.4. The summed E-state index contributed by atoms with van der Waals surface area (Å²) < 4.78 is 41.6. The van der Waals surface area contributed by atoms with Crippen molar-refractivity contribution in [1.29, 1.82) is 0 Å². The number of hydrogen-bond acceptors (Lipinski definition) is 8. The molecule has 1 aliphatic rings. The third-order valence-electron chi connectivity index (χ3n) is 5.32. The SMILES string of the molecule is CCOc1ccc(N2C(=O)NC(=O)/C(=C\c3ccc(OS(=O)(=O)c4ccccc4)c(OCC)c3)C2=O)cc1. The fraction of sp³-hybridized carbons (Fsp3) is 0.148. The van der Waals surface area contributed by atoms with Gasteiger partial charge in [-0.25, -0.2) is 9.69 Å². The Hall–Kier alpha value is -4.64. The zero-order valence-corrected chi connectivity index (χ0v) is 21.4. The molecule has 196 valence electrons. The molecule has 1 heterocycles. The number of rotatable bonds is 9. The van der Waals surface area contributed by atoms with E-state index in [-0.39, 0.29) is 34.3 Å². The van der Waals surface area contributed by atoms with E-state index in [9.17, 15) is 22.8 Å². The molecule has 3 aromatic carbocycles. The van der Waals surface area contributed by atoms with Gasteiger partial charge < -0.3 is 13.7 Å². The number of ether oxygens (including phenoxy) is 2. The van der Waals surface area contributed by atoms with E-state index in [0.29, 0.717) is 17.9 Å². The Labute approximate surface area is 219 Å². The first-order chi connectivity index (χ1) is 18.2. The molecule has 0 saturated carbocycles. The second-order valence-electron chi connectivity index (χ2n) is 7.87. The third-order valence-corrected chi connectivity index (χ3v) is 6.57. The predicted molar refractivity (Wildman–Crippen MR) is 138 cm³/mol. The fourth-order valence-corrected chi connectivity index (χ4v) is 4.58. The topological polar surface area (TPSA) is 128 Å². The average Bonchev–Trinajstić information content (AvgIpc) is 2.89. The lowest BCUT2D eigenvalue weighted by Gasteiger charge is -2.26. The van der Waals surface area contributed by atoms with Crippen molar-refractivity contribution in [3.05, 3.63) is 83.9 Å². The van der Waals surface area contributed by atoms with Gasteiger partial charge in [0.05, 0.1) is 18.9 Å². The Bertz CT molecular complexity index is 1500. The van der Waals surface area contributed by atoms with Gasteiger partial charge in [-0.15, -0.1) is 0 Å². The van der Waals surface area contributed by atoms with Crippen molar-refractivity contribution in [1.82, 2.24) is 5.32 Å². The molecule has 0 atom stereocenters. The number of amides is 4. The molecule has 1 fully saturated rings. The van der Waals surface area contributed by atoms with E-state index in [4.69, 9.17) is 13.7 Å². The molecule has 4 rings (SSSR count). The highest BCUT2D eigenvalue weighted by molar-refractivity contribution is 7.87. The van der Waals surface area contributed by atoms with Crippen LogP contribution < -0.4 is 23.9 Å². The van der Waals surface area contributed by atoms with Crippen molar-refractivity contribution in [2.75, 3.05) is 18.1 Å². The van der Waals surface area contributed by atoms with Gasteiger partial charge in [-0.1, -0.05) is 24.3 Å². The summed E-state index contributed by atoms with van der Waals surface area (Å²) in [4.78, 5) is 39.0. The zero-order valence-electron chi connectivity index (χ0n) is 20.5. The zero-order chi connectivity index (χ0) is 27.3. The van der Waals surface area contributed by atoms with E-state index in [1.54, 1.807) is 37.3 Å². The van der Waals surface area contributed by atoms with Gasteiger partial charge in [-0.2, -0.15) is 8.42 Å². The maximum atomic E-state index is 13.2. The number of carbonyl (C=O) groups excluding carboxylic acids is 3. The van der Waals surface area contributed by atoms with Crippen LogP contribution in [0.4, 0.5) is 10.5 Å². The first-order valence-electron chi connectivity index (χ1n) is 11.6. The lowest BCUT2D eigenvalue weighted by molar-refractivity contribution is -0.122. The lowest BCUT2D eigenvalue weighted by Crippen LogP contribution is -2.54. The molecule has 0 bridgehead atoms. The van der Waals surface area contributed by atoms with Crippen LogP contribution in [0.2, 0.25) is 0 Å². The van der Waals surface area contributed by atoms with Crippen molar-refractivity contribution < 1.29 is 36.5 Å². The first-order valence-corrected chi connectivity index (χ1v) is 13.0. The fourth-order valence-electron chi connectivity index (χ4n) is 3.62. The summed E-state index contributed by atoms with van der Waals surface area (Å²) in [5, 5.41) is 2.16. The summed E-state index contributed by atoms with van der Waals surface area (Å²) in [5.74, 6) is -1.11. The molecule has 0 aliphatic carbocycles. The third kappa shape index (κ3) is 5.68. The standard InChI is InChI=1S/C27H24N2O8S/c1-3-35-20-13-11-19(12-14-20)29-26(31)22(25(30)28-27(29)32)16-18-10-15-23(24(17-18)36-4-2)37-38(33,34)21-8-6-5-7-9-21/h5-17H,3-4H2,1-2H3,(H,28,30,32)/b22-16+. The Morgan fingerprint density at radius 2 is 1.53 bits per heavy atom. The molecule has 3 aromatic rings. The van der Waals surface area contributed by atoms with Gasteiger partial charge in [0, 0.05) is 0 Å². The number of barbiturate groups is 1. The van der Waals surface area contributed by atoms with E-state index in [1.807, 2.05) is 6.92 Å². The highest BCUT2D eigenvalue weighted by atomic mass is 32.2. The minimum absolute atomic E-state index is 0.0304. The van der Waals surface area contributed by atoms with E-state index in [0.717, 1.165) is 4.90 Å². The van der Waals surface area contributed by atoms with E-state index >= 15 is 0 Å². The lowest BCUT2D eigenvalue weighted by atomic mass is 10.1. The molecule has 1 saturated heterocycles. The van der Waals surface area contributed by atoms with Crippen LogP contribution in [-0.2, 0) is 19.7 Å². The van der Waals surface area contributed by atoms with Crippen LogP contribution in [0.1, 0.15) is 19.4 Å². The number of imide groups is 2. The van der Waals surface area contributed by atoms with Gasteiger partial charge in [-0.05, 0) is 74.0 Å². The molecule has 38 heavy (non-hydrogen) atoms. The normalized spacial score (nSPS) is 14.8. The van der Waals surface area contributed by atoms with Crippen molar-refractivity contribution >= 4 is 39.7 Å². The van der Waals surface area contributed by atoms with Crippen molar-refractivity contribution in [2.45, 2.75) is 18.7 Å². The number of urea groups is 1. The summed E-state index contributed by atoms with van der Waals surface area (Å²) in [7, 11) is -4.13. The molecule has 4 amide bonds. The molecular formula is C27H24N2O8S. The van der Waals surface area contributed by atoms with Gasteiger partial charge in [-0.3, -0.25) is 14.9 Å². The van der Waals surface area contributed by atoms with Crippen LogP contribution in [0.25, 0.3) is 6.08 Å². The Balaban J connectivity index is 1.65. The average molecular weight is 537 g/mol. The molecule has 0 radical (unpaired) electrons. The second-order valence-corrected chi connectivity index (χ2v) is 9.42. The molecule has 10 nitrogen and oxygen atoms in total. The van der Waals surface area contributed by atoms with E-state index in [1.165, 1.54) is 48.5 Å². The monoisotopic (exact) mass is 536 g/mol. The molecule has 0 aromatic heterocycles. The molecule has 11 heteroatoms. The molecule has 1 N–H and O–H groups in total. The summed E-state index contributed by atoms with van der Waals surface area (Å²) in [6.07, 6.45) is 1.28. The van der Waals surface area contributed by atoms with Crippen molar-refractivity contribution in [3.8, 4) is 17.2 Å². The largest absolute Gasteiger partial charge is 0.494 e. The number of anilines is 1. The molecular weight excluding hydrogens is 512 g/mol. The number of benzene rings is 3. The Morgan fingerprint density at radius 1 is 0.842 bits per heavy atom. The van der Waals surface area contributed by atoms with Gasteiger partial charge >= 0.3 is 16.1 Å². The summed E-state index contributed by atoms with van der Waals surface area (Å²) in [6.45, 7) is 4.19. The Kier molecular flexibility index (Phi) is 7.77. The van der Waals surface area contributed by atoms with Crippen LogP contribution >= 0.6 is 0 Å². The van der Waals surface area contributed by atoms with Crippen LogP contribution in [0.5, 0.6) is 17.2 Å². The summed E-state index contributed by atoms with van der Waals surface area (Å²) in [5.41, 5.74) is 0.295. The molecule has 0 spiro atoms. The van der Waals surface area contributed by atoms with Crippen LogP contribution in [0.15, 0.2) is 83.3 Å². The highest BCUT2D eigenvalue weighted by Crippen LogP contribution is 2.32. The van der Waals surface area contributed by atoms with Crippen LogP contribution in [-0.4, -0.2) is 39.5 Å². The Morgan fingerprint density at radius 3 is 2.18 bits per heavy atom. The maximum absolute atomic E-state index is 13.2. The summed E-state index contributed by atoms with van der Waals surface area (Å²) >= 11 is 0. The van der Waals surface area contributed by atoms with Crippen LogP contribution in [0, 0.1) is 0 Å². The van der Waals surface area contributed by atoms with E-state index in [2.05, 4.69) is 5.32 Å². The number of hydrogen-bond donors (Lipinski definition) is 1. The molecule has 0 unspecified atom stereocenters. The van der Waals surface area contributed by atoms with Gasteiger partial charge in [0.25, 0.3) is 11.8 Å². The number of nitrogens with one attached hydrogen (secondary N) is 1. The summed E-state index contributed by atoms with van der Waals surface area (Å²) in [6, 6.07) is 17.3. The predicted octanol–water partition coefficient (Wildman–Crippen LogP) is 3.92. The van der Waals surface area contributed by atoms with Crippen molar-refractivity contribution in [2.24, 2.45) is 0 Å². The highest BCUT2D eigenvalue weighted by Gasteiger charge is 2.37.